The molecular formula is C15H20Cl2IN3. The van der Waals surface area contributed by atoms with Crippen molar-refractivity contribution in [1.82, 2.24) is 10.2 Å². The number of likely N-dealkylation sites (N-methyl/N-ethyl adjacent to an activating group) is 1. The van der Waals surface area contributed by atoms with Crippen LogP contribution in [0.5, 0.6) is 0 Å². The molecule has 0 saturated heterocycles. The molecule has 1 fully saturated rings. The van der Waals surface area contributed by atoms with Crippen LogP contribution in [0.1, 0.15) is 24.8 Å². The number of nitrogens with zero attached hydrogens (tertiary/aromatic N) is 2. The van der Waals surface area contributed by atoms with Crippen LogP contribution in [-0.2, 0) is 5.41 Å². The van der Waals surface area contributed by atoms with Crippen LogP contribution in [0.4, 0.5) is 0 Å². The largest absolute Gasteiger partial charge is 0.355 e. The quantitative estimate of drug-likeness (QED) is 0.722. The SMILES string of the molecule is CN1CCN=C1NCC1(c2c(Cl)cccc2Cl)CCC1.I. The molecule has 0 amide bonds. The molecule has 1 N–H and O–H groups in total. The van der Waals surface area contributed by atoms with E-state index in [1.54, 1.807) is 0 Å². The lowest BCUT2D eigenvalue weighted by atomic mass is 9.64. The summed E-state index contributed by atoms with van der Waals surface area (Å²) in [5.41, 5.74) is 1.16. The molecular weight excluding hydrogens is 420 g/mol. The Hall–Kier alpha value is -0.200. The summed E-state index contributed by atoms with van der Waals surface area (Å²) in [6, 6.07) is 5.77. The molecule has 0 unspecified atom stereocenters. The van der Waals surface area contributed by atoms with Gasteiger partial charge in [0.1, 0.15) is 0 Å². The van der Waals surface area contributed by atoms with Crippen LogP contribution in [-0.4, -0.2) is 37.5 Å². The van der Waals surface area contributed by atoms with Gasteiger partial charge in [0.2, 0.25) is 0 Å². The van der Waals surface area contributed by atoms with Gasteiger partial charge < -0.3 is 10.2 Å². The van der Waals surface area contributed by atoms with E-state index in [1.165, 1.54) is 6.42 Å². The third-order valence-corrected chi connectivity index (χ3v) is 5.08. The molecule has 2 aliphatic rings. The van der Waals surface area contributed by atoms with E-state index in [-0.39, 0.29) is 29.4 Å². The second-order valence-corrected chi connectivity index (χ2v) is 6.53. The van der Waals surface area contributed by atoms with Gasteiger partial charge in [-0.25, -0.2) is 0 Å². The van der Waals surface area contributed by atoms with E-state index in [2.05, 4.69) is 22.3 Å². The number of hydrogen-bond acceptors (Lipinski definition) is 3. The predicted molar refractivity (Wildman–Crippen MR) is 100 cm³/mol. The Balaban J connectivity index is 0.00000161. The molecule has 1 aliphatic carbocycles. The zero-order valence-corrected chi connectivity index (χ0v) is 15.9. The highest BCUT2D eigenvalue weighted by molar-refractivity contribution is 14.0. The molecule has 0 atom stereocenters. The molecule has 6 heteroatoms. The van der Waals surface area contributed by atoms with Gasteiger partial charge in [-0.15, -0.1) is 24.0 Å². The summed E-state index contributed by atoms with van der Waals surface area (Å²) < 4.78 is 0. The number of aliphatic imine (C=N–C) groups is 1. The van der Waals surface area contributed by atoms with Crippen molar-refractivity contribution in [1.29, 1.82) is 0 Å². The van der Waals surface area contributed by atoms with Crippen LogP contribution in [0.25, 0.3) is 0 Å². The van der Waals surface area contributed by atoms with E-state index < -0.39 is 0 Å². The van der Waals surface area contributed by atoms with Crippen LogP contribution in [0.3, 0.4) is 0 Å². The topological polar surface area (TPSA) is 27.6 Å². The van der Waals surface area contributed by atoms with E-state index in [0.717, 1.165) is 54.0 Å². The molecule has 0 radical (unpaired) electrons. The van der Waals surface area contributed by atoms with Gasteiger partial charge in [-0.2, -0.15) is 0 Å². The van der Waals surface area contributed by atoms with Gasteiger partial charge in [-0.1, -0.05) is 35.7 Å². The number of hydrogen-bond donors (Lipinski definition) is 1. The second kappa shape index (κ2) is 6.92. The fraction of sp³-hybridized carbons (Fsp3) is 0.533. The lowest BCUT2D eigenvalue weighted by molar-refractivity contribution is 0.242. The van der Waals surface area contributed by atoms with Crippen molar-refractivity contribution in [2.24, 2.45) is 4.99 Å². The highest BCUT2D eigenvalue weighted by Gasteiger charge is 2.41. The summed E-state index contributed by atoms with van der Waals surface area (Å²) in [5, 5.41) is 5.04. The van der Waals surface area contributed by atoms with E-state index in [1.807, 2.05) is 18.2 Å². The Bertz CT molecular complexity index is 523. The van der Waals surface area contributed by atoms with Crippen molar-refractivity contribution in [2.45, 2.75) is 24.7 Å². The Morgan fingerprint density at radius 3 is 2.43 bits per heavy atom. The van der Waals surface area contributed by atoms with Crippen LogP contribution < -0.4 is 5.32 Å². The predicted octanol–water partition coefficient (Wildman–Crippen LogP) is 3.92. The second-order valence-electron chi connectivity index (χ2n) is 5.71. The normalized spacial score (nSPS) is 19.6. The first kappa shape index (κ1) is 17.2. The fourth-order valence-corrected chi connectivity index (χ4v) is 3.89. The van der Waals surface area contributed by atoms with Crippen LogP contribution in [0.15, 0.2) is 23.2 Å². The van der Waals surface area contributed by atoms with Crippen LogP contribution in [0.2, 0.25) is 10.0 Å². The van der Waals surface area contributed by atoms with Crippen molar-refractivity contribution in [3.8, 4) is 0 Å². The fourth-order valence-electron chi connectivity index (χ4n) is 3.09. The molecule has 0 bridgehead atoms. The average molecular weight is 440 g/mol. The van der Waals surface area contributed by atoms with Gasteiger partial charge in [-0.3, -0.25) is 4.99 Å². The molecule has 1 aromatic carbocycles. The zero-order valence-electron chi connectivity index (χ0n) is 12.0. The van der Waals surface area contributed by atoms with Gasteiger partial charge in [0.15, 0.2) is 5.96 Å². The molecule has 3 nitrogen and oxygen atoms in total. The summed E-state index contributed by atoms with van der Waals surface area (Å²) >= 11 is 12.8. The molecule has 0 aromatic heterocycles. The minimum absolute atomic E-state index is 0. The van der Waals surface area contributed by atoms with Gasteiger partial charge in [0.25, 0.3) is 0 Å². The summed E-state index contributed by atoms with van der Waals surface area (Å²) in [6.07, 6.45) is 3.48. The van der Waals surface area contributed by atoms with Gasteiger partial charge >= 0.3 is 0 Å². The Morgan fingerprint density at radius 1 is 1.29 bits per heavy atom. The molecule has 3 rings (SSSR count). The minimum atomic E-state index is 0. The van der Waals surface area contributed by atoms with E-state index in [4.69, 9.17) is 23.2 Å². The first-order valence-electron chi connectivity index (χ1n) is 7.06. The summed E-state index contributed by atoms with van der Waals surface area (Å²) in [7, 11) is 2.06. The first-order valence-corrected chi connectivity index (χ1v) is 7.82. The number of nitrogens with one attached hydrogen (secondary N) is 1. The maximum Gasteiger partial charge on any atom is 0.193 e. The Labute approximate surface area is 153 Å². The highest BCUT2D eigenvalue weighted by atomic mass is 127. The first-order chi connectivity index (χ1) is 9.62. The number of halogens is 3. The third kappa shape index (κ3) is 3.27. The minimum Gasteiger partial charge on any atom is -0.355 e. The number of guanidine groups is 1. The summed E-state index contributed by atoms with van der Waals surface area (Å²) in [6.45, 7) is 2.71. The maximum atomic E-state index is 6.40. The van der Waals surface area contributed by atoms with Gasteiger partial charge in [0, 0.05) is 35.6 Å². The molecule has 1 saturated carbocycles. The molecule has 1 heterocycles. The molecule has 116 valence electrons. The van der Waals surface area contributed by atoms with Crippen molar-refractivity contribution >= 4 is 53.1 Å². The summed E-state index contributed by atoms with van der Waals surface area (Å²) in [4.78, 5) is 6.64. The maximum absolute atomic E-state index is 6.40. The van der Waals surface area contributed by atoms with E-state index in [9.17, 15) is 0 Å². The van der Waals surface area contributed by atoms with E-state index in [0.29, 0.717) is 0 Å². The Kier molecular flexibility index (Phi) is 5.65. The third-order valence-electron chi connectivity index (χ3n) is 4.45. The lowest BCUT2D eigenvalue weighted by Gasteiger charge is -2.44. The van der Waals surface area contributed by atoms with Crippen molar-refractivity contribution in [3.63, 3.8) is 0 Å². The standard InChI is InChI=1S/C15H19Cl2N3.HI/c1-20-9-8-18-14(20)19-10-15(6-3-7-15)13-11(16)4-2-5-12(13)17;/h2,4-5H,3,6-10H2,1H3,(H,18,19);1H. The van der Waals surface area contributed by atoms with Crippen molar-refractivity contribution in [2.75, 3.05) is 26.7 Å². The van der Waals surface area contributed by atoms with Crippen molar-refractivity contribution in [3.05, 3.63) is 33.8 Å². The van der Waals surface area contributed by atoms with Gasteiger partial charge in [-0.05, 0) is 30.5 Å². The lowest BCUT2D eigenvalue weighted by Crippen LogP contribution is -2.48. The van der Waals surface area contributed by atoms with Crippen LogP contribution in [0, 0.1) is 0 Å². The van der Waals surface area contributed by atoms with Crippen LogP contribution >= 0.6 is 47.2 Å². The summed E-state index contributed by atoms with van der Waals surface area (Å²) in [5.74, 6) is 0.986. The van der Waals surface area contributed by atoms with Gasteiger partial charge in [0.05, 0.1) is 6.54 Å². The molecule has 0 spiro atoms. The highest BCUT2D eigenvalue weighted by Crippen LogP contribution is 2.48. The smallest absolute Gasteiger partial charge is 0.193 e. The van der Waals surface area contributed by atoms with Crippen molar-refractivity contribution < 1.29 is 0 Å². The number of rotatable bonds is 3. The van der Waals surface area contributed by atoms with E-state index >= 15 is 0 Å². The number of benzene rings is 1. The zero-order chi connectivity index (χ0) is 14.2. The molecule has 1 aliphatic heterocycles. The molecule has 1 aromatic rings. The Morgan fingerprint density at radius 2 is 1.95 bits per heavy atom. The monoisotopic (exact) mass is 439 g/mol. The molecule has 21 heavy (non-hydrogen) atoms. The average Bonchev–Trinajstić information content (AvgIpc) is 2.76.